The van der Waals surface area contributed by atoms with Gasteiger partial charge in [-0.2, -0.15) is 0 Å². The van der Waals surface area contributed by atoms with E-state index in [-0.39, 0.29) is 30.1 Å². The number of carbonyl (C=O) groups is 3. The summed E-state index contributed by atoms with van der Waals surface area (Å²) < 4.78 is 0. The smallest absolute Gasteiger partial charge is 0.229 e. The van der Waals surface area contributed by atoms with E-state index in [2.05, 4.69) is 10.6 Å². The van der Waals surface area contributed by atoms with Crippen molar-refractivity contribution in [2.24, 2.45) is 5.92 Å². The number of carbonyl (C=O) groups excluding carboxylic acids is 3. The van der Waals surface area contributed by atoms with E-state index in [4.69, 9.17) is 0 Å². The van der Waals surface area contributed by atoms with Gasteiger partial charge in [-0.05, 0) is 56.0 Å². The molecule has 1 aromatic rings. The molecule has 2 aliphatic heterocycles. The lowest BCUT2D eigenvalue weighted by Crippen LogP contribution is -2.28. The Morgan fingerprint density at radius 3 is 2.31 bits per heavy atom. The fourth-order valence-electron chi connectivity index (χ4n) is 3.40. The van der Waals surface area contributed by atoms with Crippen molar-refractivity contribution in [1.29, 1.82) is 0 Å². The maximum Gasteiger partial charge on any atom is 0.229 e. The number of hydrogen-bond acceptors (Lipinski definition) is 4. The normalized spacial score (nSPS) is 17.9. The number of nitrogens with zero attached hydrogens (tertiary/aromatic N) is 1. The Kier molecular flexibility index (Phi) is 7.60. The molecule has 0 unspecified atom stereocenters. The first-order valence-electron chi connectivity index (χ1n) is 9.04. The van der Waals surface area contributed by atoms with Gasteiger partial charge in [0.2, 0.25) is 17.7 Å². The van der Waals surface area contributed by atoms with Crippen LogP contribution in [0.5, 0.6) is 0 Å². The SMILES string of the molecule is Cl.O=C(CCC1CCNCC1)Nc1ccc(CN2C(=O)CCC2=O)cc1. The van der Waals surface area contributed by atoms with Gasteiger partial charge in [-0.1, -0.05) is 12.1 Å². The summed E-state index contributed by atoms with van der Waals surface area (Å²) in [6, 6.07) is 7.34. The molecule has 0 saturated carbocycles. The van der Waals surface area contributed by atoms with Gasteiger partial charge in [-0.15, -0.1) is 12.4 Å². The molecular weight excluding hydrogens is 354 g/mol. The van der Waals surface area contributed by atoms with Crippen LogP contribution in [0, 0.1) is 5.92 Å². The fraction of sp³-hybridized carbons (Fsp3) is 0.526. The van der Waals surface area contributed by atoms with Crippen molar-refractivity contribution in [3.05, 3.63) is 29.8 Å². The number of hydrogen-bond donors (Lipinski definition) is 2. The summed E-state index contributed by atoms with van der Waals surface area (Å²) in [6.07, 6.45) is 4.40. The van der Waals surface area contributed by atoms with Crippen LogP contribution in [0.2, 0.25) is 0 Å². The Balaban J connectivity index is 0.00000243. The molecule has 2 heterocycles. The molecule has 0 atom stereocenters. The number of nitrogens with one attached hydrogen (secondary N) is 2. The van der Waals surface area contributed by atoms with Crippen LogP contribution in [0.4, 0.5) is 5.69 Å². The number of rotatable bonds is 6. The number of halogens is 1. The highest BCUT2D eigenvalue weighted by Crippen LogP contribution is 2.19. The second-order valence-electron chi connectivity index (χ2n) is 6.85. The number of likely N-dealkylation sites (tertiary alicyclic amines) is 1. The molecule has 3 rings (SSSR count). The van der Waals surface area contributed by atoms with Crippen LogP contribution in [-0.2, 0) is 20.9 Å². The number of imide groups is 1. The molecule has 6 nitrogen and oxygen atoms in total. The summed E-state index contributed by atoms with van der Waals surface area (Å²) in [5.41, 5.74) is 1.63. The third kappa shape index (κ3) is 5.54. The first kappa shape index (κ1) is 20.4. The van der Waals surface area contributed by atoms with Crippen LogP contribution < -0.4 is 10.6 Å². The minimum absolute atomic E-state index is 0. The Morgan fingerprint density at radius 2 is 1.69 bits per heavy atom. The van der Waals surface area contributed by atoms with Crippen molar-refractivity contribution in [1.82, 2.24) is 10.2 Å². The molecule has 0 spiro atoms. The minimum atomic E-state index is -0.111. The van der Waals surface area contributed by atoms with Crippen LogP contribution in [-0.4, -0.2) is 35.7 Å². The van der Waals surface area contributed by atoms with Crippen molar-refractivity contribution in [3.8, 4) is 0 Å². The molecule has 0 bridgehead atoms. The topological polar surface area (TPSA) is 78.5 Å². The monoisotopic (exact) mass is 379 g/mol. The summed E-state index contributed by atoms with van der Waals surface area (Å²) in [4.78, 5) is 36.7. The number of anilines is 1. The van der Waals surface area contributed by atoms with Crippen molar-refractivity contribution in [3.63, 3.8) is 0 Å². The summed E-state index contributed by atoms with van der Waals surface area (Å²) in [5.74, 6) is 0.460. The van der Waals surface area contributed by atoms with Gasteiger partial charge in [0, 0.05) is 24.9 Å². The summed E-state index contributed by atoms with van der Waals surface area (Å²) >= 11 is 0. The van der Waals surface area contributed by atoms with Gasteiger partial charge >= 0.3 is 0 Å². The molecule has 2 saturated heterocycles. The summed E-state index contributed by atoms with van der Waals surface area (Å²) in [5, 5.41) is 6.25. The average molecular weight is 380 g/mol. The molecule has 3 amide bonds. The van der Waals surface area contributed by atoms with Crippen molar-refractivity contribution >= 4 is 35.8 Å². The predicted octanol–water partition coefficient (Wildman–Crippen LogP) is 2.48. The van der Waals surface area contributed by atoms with E-state index in [0.29, 0.717) is 31.7 Å². The molecule has 142 valence electrons. The Hall–Kier alpha value is -1.92. The number of benzene rings is 1. The van der Waals surface area contributed by atoms with E-state index < -0.39 is 0 Å². The first-order valence-corrected chi connectivity index (χ1v) is 9.04. The van der Waals surface area contributed by atoms with Gasteiger partial charge in [0.1, 0.15) is 0 Å². The van der Waals surface area contributed by atoms with Crippen molar-refractivity contribution in [2.75, 3.05) is 18.4 Å². The van der Waals surface area contributed by atoms with Crippen molar-refractivity contribution in [2.45, 2.75) is 45.1 Å². The van der Waals surface area contributed by atoms with E-state index >= 15 is 0 Å². The van der Waals surface area contributed by atoms with E-state index in [0.717, 1.165) is 43.6 Å². The second-order valence-corrected chi connectivity index (χ2v) is 6.85. The lowest BCUT2D eigenvalue weighted by molar-refractivity contribution is -0.139. The molecule has 0 aliphatic carbocycles. The molecular formula is C19H26ClN3O3. The zero-order chi connectivity index (χ0) is 17.6. The maximum atomic E-state index is 12.1. The average Bonchev–Trinajstić information content (AvgIpc) is 2.94. The summed E-state index contributed by atoms with van der Waals surface area (Å²) in [7, 11) is 0. The lowest BCUT2D eigenvalue weighted by Gasteiger charge is -2.22. The molecule has 2 aliphatic rings. The van der Waals surface area contributed by atoms with Crippen molar-refractivity contribution < 1.29 is 14.4 Å². The fourth-order valence-corrected chi connectivity index (χ4v) is 3.40. The zero-order valence-electron chi connectivity index (χ0n) is 14.8. The molecule has 7 heteroatoms. The molecule has 0 radical (unpaired) electrons. The highest BCUT2D eigenvalue weighted by Gasteiger charge is 2.28. The lowest BCUT2D eigenvalue weighted by atomic mass is 9.93. The number of piperidine rings is 1. The van der Waals surface area contributed by atoms with Crippen LogP contribution in [0.1, 0.15) is 44.1 Å². The standard InChI is InChI=1S/C19H25N3O3.ClH/c23-17(6-3-14-9-11-20-12-10-14)21-16-4-1-15(2-5-16)13-22-18(24)7-8-19(22)25;/h1-2,4-5,14,20H,3,6-13H2,(H,21,23);1H. The highest BCUT2D eigenvalue weighted by atomic mass is 35.5. The molecule has 1 aromatic carbocycles. The largest absolute Gasteiger partial charge is 0.326 e. The molecule has 26 heavy (non-hydrogen) atoms. The maximum absolute atomic E-state index is 12.1. The molecule has 0 aromatic heterocycles. The van der Waals surface area contributed by atoms with Crippen LogP contribution >= 0.6 is 12.4 Å². The van der Waals surface area contributed by atoms with Gasteiger partial charge in [0.05, 0.1) is 6.54 Å². The van der Waals surface area contributed by atoms with E-state index in [1.54, 1.807) is 0 Å². The summed E-state index contributed by atoms with van der Waals surface area (Å²) in [6.45, 7) is 2.41. The van der Waals surface area contributed by atoms with Gasteiger partial charge in [0.15, 0.2) is 0 Å². The second kappa shape index (κ2) is 9.69. The van der Waals surface area contributed by atoms with Crippen LogP contribution in [0.25, 0.3) is 0 Å². The van der Waals surface area contributed by atoms with E-state index in [1.165, 1.54) is 4.90 Å². The Morgan fingerprint density at radius 1 is 1.08 bits per heavy atom. The Bertz CT molecular complexity index is 626. The van der Waals surface area contributed by atoms with E-state index in [9.17, 15) is 14.4 Å². The third-order valence-electron chi connectivity index (χ3n) is 4.97. The first-order chi connectivity index (χ1) is 12.1. The van der Waals surface area contributed by atoms with Gasteiger partial charge in [-0.25, -0.2) is 0 Å². The van der Waals surface area contributed by atoms with Crippen LogP contribution in [0.3, 0.4) is 0 Å². The third-order valence-corrected chi connectivity index (χ3v) is 4.97. The Labute approximate surface area is 160 Å². The predicted molar refractivity (Wildman–Crippen MR) is 102 cm³/mol. The van der Waals surface area contributed by atoms with Crippen LogP contribution in [0.15, 0.2) is 24.3 Å². The van der Waals surface area contributed by atoms with Gasteiger partial charge in [-0.3, -0.25) is 19.3 Å². The quantitative estimate of drug-likeness (QED) is 0.744. The zero-order valence-corrected chi connectivity index (χ0v) is 15.6. The van der Waals surface area contributed by atoms with Gasteiger partial charge < -0.3 is 10.6 Å². The number of amides is 3. The molecule has 2 N–H and O–H groups in total. The highest BCUT2D eigenvalue weighted by molar-refractivity contribution is 6.01. The van der Waals surface area contributed by atoms with E-state index in [1.807, 2.05) is 24.3 Å². The van der Waals surface area contributed by atoms with Gasteiger partial charge in [0.25, 0.3) is 0 Å². The molecule has 2 fully saturated rings. The minimum Gasteiger partial charge on any atom is -0.326 e.